The Balaban J connectivity index is 1.53. The van der Waals surface area contributed by atoms with Gasteiger partial charge in [0.05, 0.1) is 29.3 Å². The number of aromatic amines is 1. The number of hydrogen-bond acceptors (Lipinski definition) is 6. The number of amides is 3. The summed E-state index contributed by atoms with van der Waals surface area (Å²) in [4.78, 5) is 33.7. The number of likely N-dealkylation sites (N-methyl/N-ethyl adjacent to an activating group) is 1. The SMILES string of the molecule is CN(C)C[C@@H](NC(=O)N1Cc2c(NC(=O)c3cscn3)n[nH]c2C1(C)C)c1ccccc1. The van der Waals surface area contributed by atoms with Gasteiger partial charge in [0.2, 0.25) is 0 Å². The smallest absolute Gasteiger partial charge is 0.319 e. The molecule has 0 unspecified atom stereocenters. The zero-order valence-corrected chi connectivity index (χ0v) is 19.4. The van der Waals surface area contributed by atoms with Crippen LogP contribution in [0, 0.1) is 0 Å². The Bertz CT molecular complexity index is 1090. The van der Waals surface area contributed by atoms with Crippen molar-refractivity contribution in [2.45, 2.75) is 32.0 Å². The minimum Gasteiger partial charge on any atom is -0.330 e. The van der Waals surface area contributed by atoms with Gasteiger partial charge in [-0.1, -0.05) is 30.3 Å². The summed E-state index contributed by atoms with van der Waals surface area (Å²) in [6.07, 6.45) is 0. The van der Waals surface area contributed by atoms with Gasteiger partial charge in [-0.15, -0.1) is 11.3 Å². The van der Waals surface area contributed by atoms with Gasteiger partial charge in [-0.3, -0.25) is 9.89 Å². The number of benzene rings is 1. The van der Waals surface area contributed by atoms with E-state index in [0.717, 1.165) is 16.8 Å². The number of anilines is 1. The average Bonchev–Trinajstić information content (AvgIpc) is 3.47. The van der Waals surface area contributed by atoms with Crippen molar-refractivity contribution in [3.8, 4) is 0 Å². The number of urea groups is 1. The minimum absolute atomic E-state index is 0.157. The Hall–Kier alpha value is -3.24. The zero-order valence-electron chi connectivity index (χ0n) is 18.5. The highest BCUT2D eigenvalue weighted by molar-refractivity contribution is 7.07. The molecule has 0 saturated heterocycles. The molecule has 3 amide bonds. The van der Waals surface area contributed by atoms with Crippen molar-refractivity contribution in [1.29, 1.82) is 0 Å². The van der Waals surface area contributed by atoms with E-state index in [1.165, 1.54) is 11.3 Å². The molecule has 9 nitrogen and oxygen atoms in total. The molecular formula is C22H27N7O2S. The highest BCUT2D eigenvalue weighted by Crippen LogP contribution is 2.40. The Morgan fingerprint density at radius 2 is 2.03 bits per heavy atom. The number of aromatic nitrogens is 3. The number of fused-ring (bicyclic) bond motifs is 1. The van der Waals surface area contributed by atoms with E-state index < -0.39 is 5.54 Å². The van der Waals surface area contributed by atoms with Crippen LogP contribution < -0.4 is 10.6 Å². The molecule has 168 valence electrons. The summed E-state index contributed by atoms with van der Waals surface area (Å²) in [6, 6.07) is 9.60. The fraction of sp³-hybridized carbons (Fsp3) is 0.364. The molecule has 3 heterocycles. The number of carbonyl (C=O) groups is 2. The lowest BCUT2D eigenvalue weighted by Gasteiger charge is -2.34. The van der Waals surface area contributed by atoms with E-state index in [2.05, 4.69) is 25.8 Å². The molecule has 32 heavy (non-hydrogen) atoms. The lowest BCUT2D eigenvalue weighted by Crippen LogP contribution is -2.48. The van der Waals surface area contributed by atoms with Crippen molar-refractivity contribution in [2.75, 3.05) is 26.0 Å². The standard InChI is InChI=1S/C22H27N7O2S/c1-22(2)18-15(19(27-26-18)25-20(30)17-12-32-13-23-17)10-29(22)21(31)24-16(11-28(3)4)14-8-6-5-7-9-14/h5-9,12-13,16H,10-11H2,1-4H3,(H,24,31)(H2,25,26,27,30)/t16-/m1/s1. The number of carbonyl (C=O) groups excluding carboxylic acids is 2. The first kappa shape index (κ1) is 22.0. The molecule has 0 radical (unpaired) electrons. The van der Waals surface area contributed by atoms with Crippen LogP contribution in [-0.2, 0) is 12.1 Å². The number of hydrogen-bond donors (Lipinski definition) is 3. The highest BCUT2D eigenvalue weighted by Gasteiger charge is 2.44. The van der Waals surface area contributed by atoms with Crippen LogP contribution in [-0.4, -0.2) is 57.6 Å². The molecule has 1 aliphatic heterocycles. The summed E-state index contributed by atoms with van der Waals surface area (Å²) in [5, 5.41) is 15.0. The van der Waals surface area contributed by atoms with Crippen molar-refractivity contribution in [3.05, 3.63) is 63.7 Å². The third-order valence-electron chi connectivity index (χ3n) is 5.66. The van der Waals surface area contributed by atoms with E-state index in [1.807, 2.05) is 63.2 Å². The normalized spacial score (nSPS) is 15.5. The molecule has 1 atom stereocenters. The molecule has 3 N–H and O–H groups in total. The van der Waals surface area contributed by atoms with Crippen LogP contribution in [0.1, 0.15) is 47.2 Å². The lowest BCUT2D eigenvalue weighted by atomic mass is 10.0. The summed E-state index contributed by atoms with van der Waals surface area (Å²) in [5.74, 6) is 0.102. The van der Waals surface area contributed by atoms with Crippen LogP contribution in [0.25, 0.3) is 0 Å². The maximum absolute atomic E-state index is 13.4. The maximum Gasteiger partial charge on any atom is 0.319 e. The summed E-state index contributed by atoms with van der Waals surface area (Å²) >= 11 is 1.35. The van der Waals surface area contributed by atoms with Crippen LogP contribution in [0.2, 0.25) is 0 Å². The van der Waals surface area contributed by atoms with Gasteiger partial charge in [-0.2, -0.15) is 5.10 Å². The van der Waals surface area contributed by atoms with Gasteiger partial charge < -0.3 is 20.4 Å². The van der Waals surface area contributed by atoms with Crippen molar-refractivity contribution in [2.24, 2.45) is 0 Å². The Morgan fingerprint density at radius 3 is 2.69 bits per heavy atom. The second kappa shape index (κ2) is 8.71. The van der Waals surface area contributed by atoms with Gasteiger partial charge in [-0.25, -0.2) is 9.78 Å². The molecule has 1 aromatic carbocycles. The van der Waals surface area contributed by atoms with Crippen molar-refractivity contribution < 1.29 is 9.59 Å². The highest BCUT2D eigenvalue weighted by atomic mass is 32.1. The first-order chi connectivity index (χ1) is 15.3. The van der Waals surface area contributed by atoms with E-state index >= 15 is 0 Å². The van der Waals surface area contributed by atoms with Crippen LogP contribution >= 0.6 is 11.3 Å². The lowest BCUT2D eigenvalue weighted by molar-refractivity contribution is 0.102. The van der Waals surface area contributed by atoms with E-state index in [4.69, 9.17) is 0 Å². The fourth-order valence-electron chi connectivity index (χ4n) is 3.95. The van der Waals surface area contributed by atoms with Crippen molar-refractivity contribution >= 4 is 29.1 Å². The Kier molecular flexibility index (Phi) is 5.98. The monoisotopic (exact) mass is 453 g/mol. The second-order valence-corrected chi connectivity index (χ2v) is 9.29. The topological polar surface area (TPSA) is 106 Å². The summed E-state index contributed by atoms with van der Waals surface area (Å²) in [5.41, 5.74) is 3.99. The third kappa shape index (κ3) is 4.23. The molecule has 4 rings (SSSR count). The quantitative estimate of drug-likeness (QED) is 0.532. The minimum atomic E-state index is -0.616. The third-order valence-corrected chi connectivity index (χ3v) is 6.25. The molecule has 0 spiro atoms. The largest absolute Gasteiger partial charge is 0.330 e. The van der Waals surface area contributed by atoms with Crippen molar-refractivity contribution in [3.63, 3.8) is 0 Å². The molecule has 10 heteroatoms. The van der Waals surface area contributed by atoms with Gasteiger partial charge in [0.1, 0.15) is 5.69 Å². The Labute approximate surface area is 190 Å². The molecule has 0 bridgehead atoms. The average molecular weight is 454 g/mol. The first-order valence-corrected chi connectivity index (χ1v) is 11.3. The Morgan fingerprint density at radius 1 is 1.28 bits per heavy atom. The molecule has 1 aliphatic rings. The molecule has 3 aromatic rings. The zero-order chi connectivity index (χ0) is 22.9. The number of thiazole rings is 1. The number of rotatable bonds is 6. The van der Waals surface area contributed by atoms with Crippen LogP contribution in [0.4, 0.5) is 10.6 Å². The predicted molar refractivity (Wildman–Crippen MR) is 123 cm³/mol. The summed E-state index contributed by atoms with van der Waals surface area (Å²) in [7, 11) is 3.96. The summed E-state index contributed by atoms with van der Waals surface area (Å²) < 4.78 is 0. The van der Waals surface area contributed by atoms with E-state index in [-0.39, 0.29) is 18.0 Å². The number of nitrogens with one attached hydrogen (secondary N) is 3. The van der Waals surface area contributed by atoms with Gasteiger partial charge >= 0.3 is 6.03 Å². The van der Waals surface area contributed by atoms with E-state index in [1.54, 1.807) is 15.8 Å². The van der Waals surface area contributed by atoms with E-state index in [9.17, 15) is 9.59 Å². The second-order valence-electron chi connectivity index (χ2n) is 8.57. The molecular weight excluding hydrogens is 426 g/mol. The number of nitrogens with zero attached hydrogens (tertiary/aromatic N) is 4. The molecule has 2 aromatic heterocycles. The van der Waals surface area contributed by atoms with Crippen LogP contribution in [0.3, 0.4) is 0 Å². The number of H-pyrrole nitrogens is 1. The van der Waals surface area contributed by atoms with Gasteiger partial charge in [0, 0.05) is 17.5 Å². The van der Waals surface area contributed by atoms with Crippen molar-refractivity contribution in [1.82, 2.24) is 30.3 Å². The van der Waals surface area contributed by atoms with Gasteiger partial charge in [0.15, 0.2) is 5.82 Å². The summed E-state index contributed by atoms with van der Waals surface area (Å²) in [6.45, 7) is 4.94. The fourth-order valence-corrected chi connectivity index (χ4v) is 4.49. The maximum atomic E-state index is 13.4. The molecule has 0 fully saturated rings. The van der Waals surface area contributed by atoms with E-state index in [0.29, 0.717) is 24.6 Å². The predicted octanol–water partition coefficient (Wildman–Crippen LogP) is 3.18. The van der Waals surface area contributed by atoms with Crippen LogP contribution in [0.5, 0.6) is 0 Å². The first-order valence-electron chi connectivity index (χ1n) is 10.3. The van der Waals surface area contributed by atoms with Gasteiger partial charge in [0.25, 0.3) is 5.91 Å². The van der Waals surface area contributed by atoms with Crippen LogP contribution in [0.15, 0.2) is 41.2 Å². The molecule has 0 saturated carbocycles. The van der Waals surface area contributed by atoms with Gasteiger partial charge in [-0.05, 0) is 33.5 Å². The molecule has 0 aliphatic carbocycles.